The fourth-order valence-electron chi connectivity index (χ4n) is 1.22. The maximum absolute atomic E-state index is 12.9. The second kappa shape index (κ2) is 5.50. The van der Waals surface area contributed by atoms with Crippen LogP contribution in [0, 0.1) is 5.82 Å². The van der Waals surface area contributed by atoms with Crippen LogP contribution in [0.25, 0.3) is 0 Å². The van der Waals surface area contributed by atoms with E-state index in [2.05, 4.69) is 20.5 Å². The van der Waals surface area contributed by atoms with E-state index in [1.807, 2.05) is 0 Å². The minimum Gasteiger partial charge on any atom is -0.396 e. The van der Waals surface area contributed by atoms with E-state index in [1.165, 1.54) is 36.3 Å². The van der Waals surface area contributed by atoms with E-state index in [9.17, 15) is 9.18 Å². The number of hydrogen-bond acceptors (Lipinski definition) is 5. The van der Waals surface area contributed by atoms with Gasteiger partial charge in [-0.15, -0.1) is 0 Å². The summed E-state index contributed by atoms with van der Waals surface area (Å²) in [7, 11) is 0. The highest BCUT2D eigenvalue weighted by Crippen LogP contribution is 2.17. The number of nitrogens with one attached hydrogen (secondary N) is 2. The Bertz CT molecular complexity index is 545. The van der Waals surface area contributed by atoms with Crippen molar-refractivity contribution < 1.29 is 9.18 Å². The number of halogens is 1. The van der Waals surface area contributed by atoms with E-state index in [0.29, 0.717) is 10.8 Å². The summed E-state index contributed by atoms with van der Waals surface area (Å²) < 4.78 is 12.9. The molecular formula is C10H10FN5OS. The lowest BCUT2D eigenvalue weighted by molar-refractivity contribution is -0.113. The number of H-pyrrole nitrogens is 1. The summed E-state index contributed by atoms with van der Waals surface area (Å²) in [5.41, 5.74) is 5.84. The number of anilines is 2. The summed E-state index contributed by atoms with van der Waals surface area (Å²) >= 11 is 1.22. The van der Waals surface area contributed by atoms with Gasteiger partial charge in [-0.05, 0) is 18.2 Å². The molecular weight excluding hydrogens is 257 g/mol. The van der Waals surface area contributed by atoms with Crippen molar-refractivity contribution in [1.29, 1.82) is 0 Å². The Morgan fingerprint density at radius 1 is 1.56 bits per heavy atom. The molecule has 0 aliphatic rings. The molecule has 1 aromatic carbocycles. The van der Waals surface area contributed by atoms with Crippen molar-refractivity contribution in [3.8, 4) is 0 Å². The lowest BCUT2D eigenvalue weighted by atomic mass is 10.2. The van der Waals surface area contributed by atoms with E-state index in [1.54, 1.807) is 0 Å². The molecule has 0 aliphatic carbocycles. The molecule has 0 aliphatic heterocycles. The summed E-state index contributed by atoms with van der Waals surface area (Å²) in [5, 5.41) is 9.45. The molecule has 0 bridgehead atoms. The Hall–Kier alpha value is -2.09. The number of rotatable bonds is 4. The van der Waals surface area contributed by atoms with Crippen LogP contribution >= 0.6 is 11.8 Å². The number of nitrogen functional groups attached to an aromatic ring is 1. The molecule has 6 nitrogen and oxygen atoms in total. The van der Waals surface area contributed by atoms with Gasteiger partial charge in [0, 0.05) is 5.69 Å². The van der Waals surface area contributed by atoms with Gasteiger partial charge in [-0.25, -0.2) is 9.37 Å². The molecule has 18 heavy (non-hydrogen) atoms. The normalized spacial score (nSPS) is 10.3. The Balaban J connectivity index is 1.88. The monoisotopic (exact) mass is 267 g/mol. The van der Waals surface area contributed by atoms with Gasteiger partial charge in [0.15, 0.2) is 5.16 Å². The second-order valence-electron chi connectivity index (χ2n) is 3.36. The number of carbonyl (C=O) groups is 1. The molecule has 1 heterocycles. The minimum absolute atomic E-state index is 0.00399. The molecule has 0 spiro atoms. The molecule has 0 saturated carbocycles. The first-order valence-corrected chi connectivity index (χ1v) is 5.97. The summed E-state index contributed by atoms with van der Waals surface area (Å²) in [6.45, 7) is 0. The largest absolute Gasteiger partial charge is 0.396 e. The zero-order valence-corrected chi connectivity index (χ0v) is 10.00. The van der Waals surface area contributed by atoms with Crippen molar-refractivity contribution in [2.45, 2.75) is 5.16 Å². The smallest absolute Gasteiger partial charge is 0.234 e. The number of hydrogen-bond donors (Lipinski definition) is 3. The Labute approximate surface area is 106 Å². The van der Waals surface area contributed by atoms with Crippen molar-refractivity contribution >= 4 is 29.0 Å². The highest BCUT2D eigenvalue weighted by molar-refractivity contribution is 7.99. The van der Waals surface area contributed by atoms with E-state index in [4.69, 9.17) is 5.73 Å². The highest BCUT2D eigenvalue weighted by atomic mass is 32.2. The molecule has 0 unspecified atom stereocenters. The third kappa shape index (κ3) is 3.20. The van der Waals surface area contributed by atoms with Gasteiger partial charge in [-0.3, -0.25) is 9.89 Å². The molecule has 1 aromatic heterocycles. The first-order chi connectivity index (χ1) is 8.65. The highest BCUT2D eigenvalue weighted by Gasteiger charge is 2.06. The number of amides is 1. The molecule has 8 heteroatoms. The standard InChI is InChI=1S/C10H10FN5OS/c11-7-2-1-6(3-8(7)12)15-9(17)4-18-10-13-5-14-16-10/h1-3,5H,4,12H2,(H,15,17)(H,13,14,16). The fourth-order valence-corrected chi connectivity index (χ4v) is 1.80. The predicted molar refractivity (Wildman–Crippen MR) is 66.5 cm³/mol. The SMILES string of the molecule is Nc1cc(NC(=O)CSc2ncn[nH]2)ccc1F. The van der Waals surface area contributed by atoms with Crippen molar-refractivity contribution in [3.05, 3.63) is 30.3 Å². The van der Waals surface area contributed by atoms with Crippen molar-refractivity contribution in [2.24, 2.45) is 0 Å². The predicted octanol–water partition coefficient (Wildman–Crippen LogP) is 1.26. The number of aromatic nitrogens is 3. The third-order valence-corrected chi connectivity index (χ3v) is 2.89. The van der Waals surface area contributed by atoms with E-state index in [0.717, 1.165) is 0 Å². The summed E-state index contributed by atoms with van der Waals surface area (Å²) in [6.07, 6.45) is 1.36. The number of nitrogens with zero attached hydrogens (tertiary/aromatic N) is 2. The van der Waals surface area contributed by atoms with Gasteiger partial charge in [0.25, 0.3) is 0 Å². The van der Waals surface area contributed by atoms with Gasteiger partial charge in [0.1, 0.15) is 12.1 Å². The van der Waals surface area contributed by atoms with Crippen LogP contribution in [0.1, 0.15) is 0 Å². The summed E-state index contributed by atoms with van der Waals surface area (Å²) in [6, 6.07) is 4.02. The van der Waals surface area contributed by atoms with Crippen molar-refractivity contribution in [3.63, 3.8) is 0 Å². The maximum atomic E-state index is 12.9. The average molecular weight is 267 g/mol. The molecule has 0 fully saturated rings. The van der Waals surface area contributed by atoms with Crippen molar-refractivity contribution in [1.82, 2.24) is 15.2 Å². The lowest BCUT2D eigenvalue weighted by Crippen LogP contribution is -2.14. The number of thioether (sulfide) groups is 1. The van der Waals surface area contributed by atoms with Crippen LogP contribution in [0.15, 0.2) is 29.7 Å². The molecule has 1 amide bonds. The van der Waals surface area contributed by atoms with Crippen LogP contribution in [0.4, 0.5) is 15.8 Å². The van der Waals surface area contributed by atoms with Crippen LogP contribution in [-0.2, 0) is 4.79 Å². The van der Waals surface area contributed by atoms with E-state index in [-0.39, 0.29) is 17.3 Å². The van der Waals surface area contributed by atoms with Crippen LogP contribution in [-0.4, -0.2) is 26.8 Å². The van der Waals surface area contributed by atoms with Gasteiger partial charge in [-0.2, -0.15) is 5.10 Å². The Morgan fingerprint density at radius 3 is 3.06 bits per heavy atom. The first kappa shape index (κ1) is 12.4. The first-order valence-electron chi connectivity index (χ1n) is 4.98. The molecule has 2 aromatic rings. The van der Waals surface area contributed by atoms with Crippen LogP contribution in [0.3, 0.4) is 0 Å². The topological polar surface area (TPSA) is 96.7 Å². The summed E-state index contributed by atoms with van der Waals surface area (Å²) in [5.74, 6) is -0.571. The quantitative estimate of drug-likeness (QED) is 0.572. The molecule has 0 atom stereocenters. The number of carbonyl (C=O) groups excluding carboxylic acids is 1. The number of benzene rings is 1. The van der Waals surface area contributed by atoms with Crippen molar-refractivity contribution in [2.75, 3.05) is 16.8 Å². The molecule has 2 rings (SSSR count). The lowest BCUT2D eigenvalue weighted by Gasteiger charge is -2.05. The number of aromatic amines is 1. The van der Waals surface area contributed by atoms with Gasteiger partial charge >= 0.3 is 0 Å². The van der Waals surface area contributed by atoms with Gasteiger partial charge in [-0.1, -0.05) is 11.8 Å². The Kier molecular flexibility index (Phi) is 3.78. The number of nitrogens with two attached hydrogens (primary N) is 1. The molecule has 94 valence electrons. The molecule has 0 radical (unpaired) electrons. The fraction of sp³-hybridized carbons (Fsp3) is 0.100. The average Bonchev–Trinajstić information content (AvgIpc) is 2.84. The molecule has 0 saturated heterocycles. The second-order valence-corrected chi connectivity index (χ2v) is 4.33. The minimum atomic E-state index is -0.510. The summed E-state index contributed by atoms with van der Waals surface area (Å²) in [4.78, 5) is 15.4. The zero-order valence-electron chi connectivity index (χ0n) is 9.18. The zero-order chi connectivity index (χ0) is 13.0. The molecule has 4 N–H and O–H groups in total. The van der Waals surface area contributed by atoms with Crippen LogP contribution < -0.4 is 11.1 Å². The van der Waals surface area contributed by atoms with Gasteiger partial charge < -0.3 is 11.1 Å². The van der Waals surface area contributed by atoms with Gasteiger partial charge in [0.05, 0.1) is 11.4 Å². The van der Waals surface area contributed by atoms with E-state index < -0.39 is 5.82 Å². The van der Waals surface area contributed by atoms with Crippen LogP contribution in [0.2, 0.25) is 0 Å². The van der Waals surface area contributed by atoms with Crippen LogP contribution in [0.5, 0.6) is 0 Å². The van der Waals surface area contributed by atoms with Gasteiger partial charge in [0.2, 0.25) is 5.91 Å². The van der Waals surface area contributed by atoms with E-state index >= 15 is 0 Å². The maximum Gasteiger partial charge on any atom is 0.234 e. The Morgan fingerprint density at radius 2 is 2.39 bits per heavy atom. The third-order valence-electron chi connectivity index (χ3n) is 2.01.